The average Bonchev–Trinajstić information content (AvgIpc) is 2.91. The van der Waals surface area contributed by atoms with Gasteiger partial charge in [-0.1, -0.05) is 30.3 Å². The van der Waals surface area contributed by atoms with Gasteiger partial charge in [0, 0.05) is 0 Å². The Kier molecular flexibility index (Phi) is 6.57. The molecule has 11 nitrogen and oxygen atoms in total. The third-order valence-electron chi connectivity index (χ3n) is 3.54. The molecule has 1 atom stereocenters. The van der Waals surface area contributed by atoms with Gasteiger partial charge in [-0.15, -0.1) is 0 Å². The van der Waals surface area contributed by atoms with Gasteiger partial charge in [-0.3, -0.25) is 24.4 Å². The molecule has 0 radical (unpaired) electrons. The number of imide groups is 2. The van der Waals surface area contributed by atoms with Gasteiger partial charge >= 0.3 is 12.1 Å². The first kappa shape index (κ1) is 20.0. The van der Waals surface area contributed by atoms with Crippen molar-refractivity contribution in [1.82, 2.24) is 9.96 Å². The number of nitrogens with two attached hydrogens (primary N) is 1. The molecule has 1 aromatic carbocycles. The Morgan fingerprint density at radius 1 is 1.22 bits per heavy atom. The van der Waals surface area contributed by atoms with E-state index in [2.05, 4.69) is 0 Å². The van der Waals surface area contributed by atoms with Crippen molar-refractivity contribution in [3.05, 3.63) is 35.9 Å². The highest BCUT2D eigenvalue weighted by atomic mass is 16.6. The number of amides is 4. The van der Waals surface area contributed by atoms with E-state index in [1.807, 2.05) is 0 Å². The molecule has 144 valence electrons. The first-order chi connectivity index (χ1) is 12.8. The standard InChI is InChI=1S/C16H17N3O8/c17-7-13(21)18(16(24)26-9-10-4-2-1-3-5-10)8-14(22)27-11-6-12(20)19(25)15(11)23/h1-5,11,25H,6-9,17H2. The molecule has 1 aliphatic rings. The van der Waals surface area contributed by atoms with Crippen molar-refractivity contribution in [2.45, 2.75) is 19.1 Å². The fraction of sp³-hybridized carbons (Fsp3) is 0.312. The number of ether oxygens (including phenoxy) is 2. The Bertz CT molecular complexity index is 751. The second kappa shape index (κ2) is 8.87. The van der Waals surface area contributed by atoms with E-state index in [4.69, 9.17) is 20.4 Å². The Balaban J connectivity index is 1.96. The molecule has 0 bridgehead atoms. The molecular weight excluding hydrogens is 362 g/mol. The second-order valence-electron chi connectivity index (χ2n) is 5.45. The van der Waals surface area contributed by atoms with Crippen molar-refractivity contribution >= 4 is 29.8 Å². The van der Waals surface area contributed by atoms with Crippen LogP contribution in [0.25, 0.3) is 0 Å². The van der Waals surface area contributed by atoms with E-state index in [-0.39, 0.29) is 11.7 Å². The number of rotatable bonds is 6. The summed E-state index contributed by atoms with van der Waals surface area (Å²) in [6, 6.07) is 8.62. The summed E-state index contributed by atoms with van der Waals surface area (Å²) in [6.07, 6.45) is -3.18. The summed E-state index contributed by atoms with van der Waals surface area (Å²) < 4.78 is 9.72. The van der Waals surface area contributed by atoms with Crippen LogP contribution in [0.15, 0.2) is 30.3 Å². The Hall–Kier alpha value is -3.31. The van der Waals surface area contributed by atoms with Crippen LogP contribution >= 0.6 is 0 Å². The zero-order chi connectivity index (χ0) is 20.0. The van der Waals surface area contributed by atoms with Crippen molar-refractivity contribution in [3.63, 3.8) is 0 Å². The monoisotopic (exact) mass is 379 g/mol. The predicted octanol–water partition coefficient (Wildman–Crippen LogP) is -0.830. The van der Waals surface area contributed by atoms with E-state index >= 15 is 0 Å². The molecule has 1 aliphatic heterocycles. The molecule has 2 rings (SSSR count). The molecular formula is C16H17N3O8. The highest BCUT2D eigenvalue weighted by Crippen LogP contribution is 2.14. The van der Waals surface area contributed by atoms with Crippen LogP contribution in [0, 0.1) is 0 Å². The first-order valence-corrected chi connectivity index (χ1v) is 7.79. The summed E-state index contributed by atoms with van der Waals surface area (Å²) in [5, 5.41) is 8.95. The SMILES string of the molecule is NCC(=O)N(CC(=O)OC1CC(=O)N(O)C1=O)C(=O)OCc1ccccc1. The van der Waals surface area contributed by atoms with Crippen molar-refractivity contribution in [1.29, 1.82) is 0 Å². The van der Waals surface area contributed by atoms with Gasteiger partial charge in [0.15, 0.2) is 6.10 Å². The lowest BCUT2D eigenvalue weighted by atomic mass is 10.2. The highest BCUT2D eigenvalue weighted by Gasteiger charge is 2.41. The largest absolute Gasteiger partial charge is 0.450 e. The van der Waals surface area contributed by atoms with Crippen LogP contribution in [0.2, 0.25) is 0 Å². The van der Waals surface area contributed by atoms with Crippen molar-refractivity contribution < 1.29 is 38.7 Å². The number of carbonyl (C=O) groups is 5. The molecule has 1 fully saturated rings. The van der Waals surface area contributed by atoms with E-state index in [0.29, 0.717) is 10.5 Å². The lowest BCUT2D eigenvalue weighted by Gasteiger charge is -2.19. The summed E-state index contributed by atoms with van der Waals surface area (Å²) in [4.78, 5) is 59.0. The van der Waals surface area contributed by atoms with Gasteiger partial charge in [0.25, 0.3) is 11.8 Å². The van der Waals surface area contributed by atoms with Crippen LogP contribution < -0.4 is 5.73 Å². The van der Waals surface area contributed by atoms with Crippen LogP contribution in [-0.2, 0) is 35.3 Å². The lowest BCUT2D eigenvalue weighted by Crippen LogP contribution is -2.45. The molecule has 0 aromatic heterocycles. The number of carbonyl (C=O) groups excluding carboxylic acids is 5. The van der Waals surface area contributed by atoms with Crippen LogP contribution in [0.1, 0.15) is 12.0 Å². The molecule has 0 aliphatic carbocycles. The second-order valence-corrected chi connectivity index (χ2v) is 5.45. The predicted molar refractivity (Wildman–Crippen MR) is 85.5 cm³/mol. The maximum absolute atomic E-state index is 12.1. The van der Waals surface area contributed by atoms with E-state index < -0.39 is 55.4 Å². The van der Waals surface area contributed by atoms with Crippen LogP contribution in [0.5, 0.6) is 0 Å². The molecule has 4 amide bonds. The number of benzene rings is 1. The molecule has 1 aromatic rings. The molecule has 11 heteroatoms. The van der Waals surface area contributed by atoms with Gasteiger partial charge in [-0.05, 0) is 5.56 Å². The fourth-order valence-corrected chi connectivity index (χ4v) is 2.17. The van der Waals surface area contributed by atoms with Crippen molar-refractivity contribution in [2.24, 2.45) is 5.73 Å². The minimum absolute atomic E-state index is 0.141. The van der Waals surface area contributed by atoms with Gasteiger partial charge in [-0.25, -0.2) is 9.69 Å². The Labute approximate surface area is 153 Å². The van der Waals surface area contributed by atoms with Crippen LogP contribution in [0.3, 0.4) is 0 Å². The van der Waals surface area contributed by atoms with Gasteiger partial charge in [-0.2, -0.15) is 5.06 Å². The molecule has 0 spiro atoms. The topological polar surface area (TPSA) is 157 Å². The summed E-state index contributed by atoms with van der Waals surface area (Å²) in [5.41, 5.74) is 5.89. The summed E-state index contributed by atoms with van der Waals surface area (Å²) >= 11 is 0. The third kappa shape index (κ3) is 5.09. The summed E-state index contributed by atoms with van der Waals surface area (Å²) in [5.74, 6) is -4.09. The number of nitrogens with zero attached hydrogens (tertiary/aromatic N) is 2. The van der Waals surface area contributed by atoms with E-state index in [1.54, 1.807) is 30.3 Å². The minimum atomic E-state index is -1.52. The fourth-order valence-electron chi connectivity index (χ4n) is 2.17. The average molecular weight is 379 g/mol. The molecule has 1 saturated heterocycles. The van der Waals surface area contributed by atoms with Crippen molar-refractivity contribution in [3.8, 4) is 0 Å². The van der Waals surface area contributed by atoms with E-state index in [1.165, 1.54) is 0 Å². The summed E-state index contributed by atoms with van der Waals surface area (Å²) in [6.45, 7) is -1.58. The first-order valence-electron chi connectivity index (χ1n) is 7.79. The zero-order valence-corrected chi connectivity index (χ0v) is 14.1. The van der Waals surface area contributed by atoms with E-state index in [0.717, 1.165) is 0 Å². The van der Waals surface area contributed by atoms with Gasteiger partial charge in [0.05, 0.1) is 13.0 Å². The maximum Gasteiger partial charge on any atom is 0.417 e. The Morgan fingerprint density at radius 3 is 2.44 bits per heavy atom. The molecule has 0 saturated carbocycles. The van der Waals surface area contributed by atoms with Gasteiger partial charge in [0.1, 0.15) is 13.2 Å². The van der Waals surface area contributed by atoms with Gasteiger partial charge in [0.2, 0.25) is 5.91 Å². The third-order valence-corrected chi connectivity index (χ3v) is 3.54. The van der Waals surface area contributed by atoms with Gasteiger partial charge < -0.3 is 15.2 Å². The normalized spacial score (nSPS) is 16.2. The zero-order valence-electron chi connectivity index (χ0n) is 14.1. The smallest absolute Gasteiger partial charge is 0.417 e. The molecule has 3 N–H and O–H groups in total. The quantitative estimate of drug-likeness (QED) is 0.366. The number of hydrogen-bond acceptors (Lipinski definition) is 9. The number of hydrogen-bond donors (Lipinski definition) is 2. The number of esters is 1. The summed E-state index contributed by atoms with van der Waals surface area (Å²) in [7, 11) is 0. The minimum Gasteiger partial charge on any atom is -0.450 e. The van der Waals surface area contributed by atoms with E-state index in [9.17, 15) is 24.0 Å². The van der Waals surface area contributed by atoms with Crippen LogP contribution in [0.4, 0.5) is 4.79 Å². The molecule has 1 heterocycles. The number of hydroxylamine groups is 2. The molecule has 1 unspecified atom stereocenters. The highest BCUT2D eigenvalue weighted by molar-refractivity contribution is 6.04. The Morgan fingerprint density at radius 2 is 1.89 bits per heavy atom. The maximum atomic E-state index is 12.1. The van der Waals surface area contributed by atoms with Crippen molar-refractivity contribution in [2.75, 3.05) is 13.1 Å². The van der Waals surface area contributed by atoms with Crippen LogP contribution in [-0.4, -0.2) is 64.1 Å². The lowest BCUT2D eigenvalue weighted by molar-refractivity contribution is -0.176. The molecule has 27 heavy (non-hydrogen) atoms.